The lowest BCUT2D eigenvalue weighted by Crippen LogP contribution is -2.03. The Morgan fingerprint density at radius 3 is 2.25 bits per heavy atom. The van der Waals surface area contributed by atoms with Crippen molar-refractivity contribution in [3.05, 3.63) is 41.5 Å². The molecule has 2 rings (SSSR count). The van der Waals surface area contributed by atoms with Gasteiger partial charge in [0.2, 0.25) is 0 Å². The van der Waals surface area contributed by atoms with Crippen molar-refractivity contribution in [2.24, 2.45) is 0 Å². The van der Waals surface area contributed by atoms with E-state index in [4.69, 9.17) is 8.74 Å². The molecule has 0 radical (unpaired) electrons. The lowest BCUT2D eigenvalue weighted by Gasteiger charge is -2.17. The Bertz CT molecular complexity index is 647. The average Bonchev–Trinajstić information content (AvgIpc) is 2.36. The molecule has 0 heterocycles. The summed E-state index contributed by atoms with van der Waals surface area (Å²) in [4.78, 5) is 0. The first-order chi connectivity index (χ1) is 9.41. The van der Waals surface area contributed by atoms with Crippen LogP contribution in [0, 0.1) is 0 Å². The molecule has 108 valence electrons. The molecule has 0 aliphatic heterocycles. The Hall–Kier alpha value is -1.39. The van der Waals surface area contributed by atoms with Crippen LogP contribution in [0.1, 0.15) is 50.7 Å². The molecule has 0 aromatic heterocycles. The average molecular weight is 292 g/mol. The van der Waals surface area contributed by atoms with Crippen molar-refractivity contribution in [3.8, 4) is 5.75 Å². The molecule has 0 amide bonds. The van der Waals surface area contributed by atoms with Gasteiger partial charge in [-0.1, -0.05) is 52.0 Å². The minimum atomic E-state index is -2.30. The summed E-state index contributed by atoms with van der Waals surface area (Å²) >= 11 is -2.30. The first kappa shape index (κ1) is 15.0. The summed E-state index contributed by atoms with van der Waals surface area (Å²) in [5.74, 6) is 1.12. The van der Waals surface area contributed by atoms with E-state index in [1.807, 2.05) is 18.2 Å². The van der Waals surface area contributed by atoms with E-state index in [9.17, 15) is 4.21 Å². The molecule has 0 fully saturated rings. The van der Waals surface area contributed by atoms with Crippen molar-refractivity contribution in [2.45, 2.75) is 39.5 Å². The quantitative estimate of drug-likeness (QED) is 0.838. The molecule has 0 bridgehead atoms. The number of rotatable bonds is 4. The normalized spacial score (nSPS) is 13.2. The molecule has 1 N–H and O–H groups in total. The number of benzene rings is 2. The van der Waals surface area contributed by atoms with E-state index >= 15 is 0 Å². The number of hydrogen-bond donors (Lipinski definition) is 1. The van der Waals surface area contributed by atoms with Crippen LogP contribution >= 0.6 is 0 Å². The molecule has 1 atom stereocenters. The third-order valence-corrected chi connectivity index (χ3v) is 3.78. The Morgan fingerprint density at radius 1 is 1.00 bits per heavy atom. The van der Waals surface area contributed by atoms with Gasteiger partial charge in [-0.05, 0) is 34.2 Å². The maximum Gasteiger partial charge on any atom is 0.357 e. The molecule has 3 nitrogen and oxygen atoms in total. The second-order valence-electron chi connectivity index (χ2n) is 5.53. The molecule has 1 unspecified atom stereocenters. The molecule has 2 aromatic rings. The predicted molar refractivity (Wildman–Crippen MR) is 83.5 cm³/mol. The van der Waals surface area contributed by atoms with Gasteiger partial charge in [0.1, 0.15) is 5.75 Å². The zero-order chi connectivity index (χ0) is 14.9. The van der Waals surface area contributed by atoms with Crippen LogP contribution in [0.25, 0.3) is 10.8 Å². The van der Waals surface area contributed by atoms with E-state index in [2.05, 4.69) is 33.8 Å². The van der Waals surface area contributed by atoms with Crippen molar-refractivity contribution in [1.29, 1.82) is 0 Å². The van der Waals surface area contributed by atoms with Gasteiger partial charge >= 0.3 is 11.4 Å². The predicted octanol–water partition coefficient (Wildman–Crippen LogP) is 4.60. The fourth-order valence-corrected chi connectivity index (χ4v) is 2.93. The van der Waals surface area contributed by atoms with Crippen LogP contribution in [0.5, 0.6) is 5.75 Å². The van der Waals surface area contributed by atoms with Crippen LogP contribution in [0.3, 0.4) is 0 Å². The topological polar surface area (TPSA) is 46.5 Å². The van der Waals surface area contributed by atoms with Crippen LogP contribution in [-0.2, 0) is 11.4 Å². The third kappa shape index (κ3) is 2.86. The summed E-state index contributed by atoms with van der Waals surface area (Å²) in [6.07, 6.45) is 0. The minimum Gasteiger partial charge on any atom is -0.380 e. The van der Waals surface area contributed by atoms with Gasteiger partial charge in [-0.15, -0.1) is 0 Å². The molecular formula is C16H20O3S. The van der Waals surface area contributed by atoms with Gasteiger partial charge in [0.15, 0.2) is 0 Å². The van der Waals surface area contributed by atoms with Crippen LogP contribution in [-0.4, -0.2) is 8.76 Å². The molecule has 0 saturated carbocycles. The highest BCUT2D eigenvalue weighted by Gasteiger charge is 2.16. The van der Waals surface area contributed by atoms with E-state index < -0.39 is 11.4 Å². The Labute approximate surface area is 122 Å². The monoisotopic (exact) mass is 292 g/mol. The summed E-state index contributed by atoms with van der Waals surface area (Å²) in [6, 6.07) is 9.96. The molecule has 0 spiro atoms. The highest BCUT2D eigenvalue weighted by molar-refractivity contribution is 7.74. The molecule has 2 aromatic carbocycles. The van der Waals surface area contributed by atoms with Gasteiger partial charge in [-0.2, -0.15) is 4.21 Å². The van der Waals surface area contributed by atoms with E-state index in [-0.39, 0.29) is 5.92 Å². The summed E-state index contributed by atoms with van der Waals surface area (Å²) in [7, 11) is 0. The minimum absolute atomic E-state index is 0.208. The van der Waals surface area contributed by atoms with Crippen LogP contribution in [0.15, 0.2) is 30.3 Å². The molecule has 4 heteroatoms. The molecule has 0 saturated heterocycles. The zero-order valence-electron chi connectivity index (χ0n) is 12.2. The smallest absolute Gasteiger partial charge is 0.357 e. The highest BCUT2D eigenvalue weighted by Crippen LogP contribution is 2.37. The largest absolute Gasteiger partial charge is 0.380 e. The van der Waals surface area contributed by atoms with Crippen molar-refractivity contribution in [1.82, 2.24) is 0 Å². The van der Waals surface area contributed by atoms with Gasteiger partial charge in [0.05, 0.1) is 0 Å². The van der Waals surface area contributed by atoms with Gasteiger partial charge < -0.3 is 4.18 Å². The Balaban J connectivity index is 2.75. The van der Waals surface area contributed by atoms with Crippen LogP contribution < -0.4 is 4.18 Å². The Kier molecular flexibility index (Phi) is 4.45. The van der Waals surface area contributed by atoms with Gasteiger partial charge in [-0.25, -0.2) is 0 Å². The highest BCUT2D eigenvalue weighted by atomic mass is 32.2. The molecular weight excluding hydrogens is 272 g/mol. The van der Waals surface area contributed by atoms with E-state index in [1.165, 1.54) is 10.9 Å². The van der Waals surface area contributed by atoms with Crippen molar-refractivity contribution in [3.63, 3.8) is 0 Å². The number of hydrogen-bond acceptors (Lipinski definition) is 2. The molecule has 0 aliphatic rings. The molecule has 20 heavy (non-hydrogen) atoms. The fourth-order valence-electron chi connectivity index (χ4n) is 2.63. The van der Waals surface area contributed by atoms with Crippen molar-refractivity contribution < 1.29 is 12.9 Å². The summed E-state index contributed by atoms with van der Waals surface area (Å²) in [5.41, 5.74) is 2.26. The van der Waals surface area contributed by atoms with E-state index in [0.717, 1.165) is 10.9 Å². The van der Waals surface area contributed by atoms with Crippen LogP contribution in [0.4, 0.5) is 0 Å². The van der Waals surface area contributed by atoms with Gasteiger partial charge in [-0.3, -0.25) is 4.55 Å². The SMILES string of the molecule is CC(C)c1cccc2c(C(C)C)c(OS(=O)O)ccc12. The van der Waals surface area contributed by atoms with Gasteiger partial charge in [0, 0.05) is 5.56 Å². The zero-order valence-corrected chi connectivity index (χ0v) is 13.0. The lowest BCUT2D eigenvalue weighted by atomic mass is 9.90. The Morgan fingerprint density at radius 2 is 1.70 bits per heavy atom. The first-order valence-corrected chi connectivity index (χ1v) is 7.79. The second-order valence-corrected chi connectivity index (χ2v) is 6.13. The van der Waals surface area contributed by atoms with Crippen LogP contribution in [0.2, 0.25) is 0 Å². The standard InChI is InChI=1S/C16H20O3S/c1-10(2)12-6-5-7-14-13(12)8-9-15(19-20(17)18)16(14)11(3)4/h5-11H,1-4H3,(H,17,18). The van der Waals surface area contributed by atoms with Gasteiger partial charge in [0.25, 0.3) is 0 Å². The summed E-state index contributed by atoms with van der Waals surface area (Å²) in [5, 5.41) is 2.27. The first-order valence-electron chi connectivity index (χ1n) is 6.76. The van der Waals surface area contributed by atoms with E-state index in [0.29, 0.717) is 11.7 Å². The van der Waals surface area contributed by atoms with Crippen molar-refractivity contribution in [2.75, 3.05) is 0 Å². The summed E-state index contributed by atoms with van der Waals surface area (Å²) in [6.45, 7) is 8.45. The number of fused-ring (bicyclic) bond motifs is 1. The third-order valence-electron chi connectivity index (χ3n) is 3.46. The fraction of sp³-hybridized carbons (Fsp3) is 0.375. The maximum absolute atomic E-state index is 10.9. The second kappa shape index (κ2) is 5.94. The van der Waals surface area contributed by atoms with E-state index in [1.54, 1.807) is 6.07 Å². The lowest BCUT2D eigenvalue weighted by molar-refractivity contribution is 0.455. The molecule has 0 aliphatic carbocycles. The van der Waals surface area contributed by atoms with Crippen molar-refractivity contribution >= 4 is 22.1 Å². The summed E-state index contributed by atoms with van der Waals surface area (Å²) < 4.78 is 25.0. The maximum atomic E-state index is 10.9.